The molecule has 1 aromatic carbocycles. The highest BCUT2D eigenvalue weighted by Crippen LogP contribution is 2.49. The number of alkyl halides is 2. The molecule has 0 bridgehead atoms. The van der Waals surface area contributed by atoms with Crippen LogP contribution < -0.4 is 25.4 Å². The van der Waals surface area contributed by atoms with Crippen LogP contribution in [0.25, 0.3) is 11.1 Å². The first-order chi connectivity index (χ1) is 15.1. The van der Waals surface area contributed by atoms with Crippen LogP contribution in [0.3, 0.4) is 0 Å². The maximum atomic E-state index is 13.8. The van der Waals surface area contributed by atoms with Crippen molar-refractivity contribution in [3.05, 3.63) is 36.2 Å². The van der Waals surface area contributed by atoms with Crippen molar-refractivity contribution in [2.75, 3.05) is 18.0 Å². The summed E-state index contributed by atoms with van der Waals surface area (Å²) < 4.78 is 37.1. The minimum absolute atomic E-state index is 0.0498. The van der Waals surface area contributed by atoms with E-state index >= 15 is 0 Å². The first-order valence-electron chi connectivity index (χ1n) is 10.9. The van der Waals surface area contributed by atoms with Crippen LogP contribution in [-0.4, -0.2) is 41.9 Å². The van der Waals surface area contributed by atoms with Crippen molar-refractivity contribution in [3.8, 4) is 22.6 Å². The van der Waals surface area contributed by atoms with Crippen LogP contribution in [0.1, 0.15) is 43.5 Å². The molecule has 0 unspecified atom stereocenters. The van der Waals surface area contributed by atoms with E-state index in [0.29, 0.717) is 41.4 Å². The van der Waals surface area contributed by atoms with Gasteiger partial charge in [0.05, 0.1) is 11.3 Å². The van der Waals surface area contributed by atoms with E-state index < -0.39 is 11.8 Å². The lowest BCUT2D eigenvalue weighted by Crippen LogP contribution is -2.40. The number of nitrogens with zero attached hydrogens (tertiary/aromatic N) is 2. The second-order valence-electron chi connectivity index (χ2n) is 9.31. The molecule has 3 heterocycles. The Hall–Kier alpha value is -2.94. The van der Waals surface area contributed by atoms with E-state index in [1.54, 1.807) is 18.3 Å². The molecular weight excluding hydrogens is 418 g/mol. The lowest BCUT2D eigenvalue weighted by Gasteiger charge is -2.27. The Bertz CT molecular complexity index is 1070. The van der Waals surface area contributed by atoms with Gasteiger partial charge in [-0.05, 0) is 45.1 Å². The van der Waals surface area contributed by atoms with Crippen LogP contribution in [0.15, 0.2) is 30.6 Å². The Labute approximate surface area is 184 Å². The molecule has 9 heteroatoms. The molecule has 2 atom stereocenters. The zero-order valence-electron chi connectivity index (χ0n) is 18.0. The number of rotatable bonds is 5. The van der Waals surface area contributed by atoms with E-state index in [4.69, 9.17) is 10.5 Å². The number of carbonyl (C=O) groups is 1. The van der Waals surface area contributed by atoms with Crippen molar-refractivity contribution in [2.45, 2.75) is 51.0 Å². The summed E-state index contributed by atoms with van der Waals surface area (Å²) in [4.78, 5) is 19.6. The van der Waals surface area contributed by atoms with Gasteiger partial charge in [0.1, 0.15) is 0 Å². The van der Waals surface area contributed by atoms with Crippen molar-refractivity contribution >= 4 is 11.6 Å². The molecule has 2 aliphatic heterocycles. The van der Waals surface area contributed by atoms with Crippen LogP contribution in [0.4, 0.5) is 14.5 Å². The molecule has 1 saturated carbocycles. The molecule has 0 spiro atoms. The highest BCUT2D eigenvalue weighted by Gasteiger charge is 2.45. The first-order valence-corrected chi connectivity index (χ1v) is 10.9. The van der Waals surface area contributed by atoms with Gasteiger partial charge in [-0.25, -0.2) is 0 Å². The Morgan fingerprint density at radius 2 is 2.06 bits per heavy atom. The van der Waals surface area contributed by atoms with E-state index in [-0.39, 0.29) is 23.4 Å². The van der Waals surface area contributed by atoms with Crippen LogP contribution in [-0.2, 0) is 0 Å². The maximum absolute atomic E-state index is 13.8. The molecule has 1 aliphatic carbocycles. The quantitative estimate of drug-likeness (QED) is 0.734. The fourth-order valence-electron chi connectivity index (χ4n) is 4.51. The van der Waals surface area contributed by atoms with Crippen LogP contribution >= 0.6 is 0 Å². The number of hydrogen-bond acceptors (Lipinski definition) is 6. The fourth-order valence-corrected chi connectivity index (χ4v) is 4.51. The smallest absolute Gasteiger partial charge is 0.395 e. The van der Waals surface area contributed by atoms with Gasteiger partial charge in [-0.15, -0.1) is 8.78 Å². The SMILES string of the molecule is C[C@H](NC(=O)c1cncc(-c2cccc3c2OC(F)(F)O3)c1N1CC[C@](C)(N)C1)C1CC1. The zero-order chi connectivity index (χ0) is 22.7. The topological polar surface area (TPSA) is 89.7 Å². The highest BCUT2D eigenvalue weighted by atomic mass is 19.3. The Morgan fingerprint density at radius 3 is 2.75 bits per heavy atom. The van der Waals surface area contributed by atoms with Crippen molar-refractivity contribution < 1.29 is 23.0 Å². The van der Waals surface area contributed by atoms with Crippen molar-refractivity contribution in [1.82, 2.24) is 10.3 Å². The van der Waals surface area contributed by atoms with Crippen LogP contribution in [0.2, 0.25) is 0 Å². The summed E-state index contributed by atoms with van der Waals surface area (Å²) in [6, 6.07) is 4.75. The molecule has 1 amide bonds. The molecule has 3 aliphatic rings. The van der Waals surface area contributed by atoms with Crippen molar-refractivity contribution in [1.29, 1.82) is 0 Å². The standard InChI is InChI=1S/C23H26F2N4O3/c1-13(14-6-7-14)28-21(30)17-11-27-10-16(19(17)29-9-8-22(2,26)12-29)15-4-3-5-18-20(15)32-23(24,25)31-18/h3-5,10-11,13-14H,6-9,12,26H2,1-2H3,(H,28,30)/t13-,22-/m0/s1. The number of hydrogen-bond donors (Lipinski definition) is 2. The number of para-hydroxylation sites is 1. The van der Waals surface area contributed by atoms with Gasteiger partial charge in [-0.1, -0.05) is 12.1 Å². The minimum atomic E-state index is -3.75. The molecule has 7 nitrogen and oxygen atoms in total. The highest BCUT2D eigenvalue weighted by molar-refractivity contribution is 6.04. The minimum Gasteiger partial charge on any atom is -0.395 e. The summed E-state index contributed by atoms with van der Waals surface area (Å²) in [5, 5.41) is 3.07. The number of nitrogens with two attached hydrogens (primary N) is 1. The Morgan fingerprint density at radius 1 is 1.28 bits per heavy atom. The summed E-state index contributed by atoms with van der Waals surface area (Å²) in [6.45, 7) is 5.10. The number of benzene rings is 1. The molecule has 1 saturated heterocycles. The summed E-state index contributed by atoms with van der Waals surface area (Å²) in [5.74, 6) is 0.122. The van der Waals surface area contributed by atoms with E-state index in [2.05, 4.69) is 15.0 Å². The van der Waals surface area contributed by atoms with Gasteiger partial charge in [0, 0.05) is 48.2 Å². The third-order valence-electron chi connectivity index (χ3n) is 6.39. The largest absolute Gasteiger partial charge is 0.586 e. The van der Waals surface area contributed by atoms with Gasteiger partial charge in [0.2, 0.25) is 0 Å². The molecule has 0 radical (unpaired) electrons. The number of amides is 1. The predicted molar refractivity (Wildman–Crippen MR) is 115 cm³/mol. The summed E-state index contributed by atoms with van der Waals surface area (Å²) in [5.41, 5.74) is 7.85. The normalized spacial score (nSPS) is 24.5. The molecule has 3 N–H and O–H groups in total. The van der Waals surface area contributed by atoms with Gasteiger partial charge in [-0.2, -0.15) is 0 Å². The lowest BCUT2D eigenvalue weighted by atomic mass is 9.99. The summed E-state index contributed by atoms with van der Waals surface area (Å²) in [6.07, 6.45) is 2.29. The average molecular weight is 444 g/mol. The van der Waals surface area contributed by atoms with Gasteiger partial charge >= 0.3 is 6.29 Å². The van der Waals surface area contributed by atoms with Gasteiger partial charge < -0.3 is 25.4 Å². The van der Waals surface area contributed by atoms with Gasteiger partial charge in [0.25, 0.3) is 5.91 Å². The third kappa shape index (κ3) is 3.85. The number of ether oxygens (including phenoxy) is 2. The number of nitrogens with one attached hydrogen (secondary N) is 1. The molecule has 5 rings (SSSR count). The van der Waals surface area contributed by atoms with Gasteiger partial charge in [0.15, 0.2) is 11.5 Å². The van der Waals surface area contributed by atoms with Crippen LogP contribution in [0.5, 0.6) is 11.5 Å². The number of carbonyl (C=O) groups excluding carboxylic acids is 1. The first kappa shape index (κ1) is 20.9. The lowest BCUT2D eigenvalue weighted by molar-refractivity contribution is -0.286. The Kier molecular flexibility index (Phi) is 4.77. The van der Waals surface area contributed by atoms with Crippen LogP contribution in [0, 0.1) is 5.92 Å². The molecule has 170 valence electrons. The van der Waals surface area contributed by atoms with E-state index in [1.807, 2.05) is 18.7 Å². The molecule has 2 fully saturated rings. The number of pyridine rings is 1. The van der Waals surface area contributed by atoms with Crippen molar-refractivity contribution in [2.24, 2.45) is 11.7 Å². The maximum Gasteiger partial charge on any atom is 0.586 e. The number of fused-ring (bicyclic) bond motifs is 1. The summed E-state index contributed by atoms with van der Waals surface area (Å²) >= 11 is 0. The summed E-state index contributed by atoms with van der Waals surface area (Å²) in [7, 11) is 0. The van der Waals surface area contributed by atoms with Crippen molar-refractivity contribution in [3.63, 3.8) is 0 Å². The van der Waals surface area contributed by atoms with Gasteiger partial charge in [-0.3, -0.25) is 9.78 Å². The number of halogens is 2. The predicted octanol–water partition coefficient (Wildman–Crippen LogP) is 3.53. The molecule has 1 aromatic heterocycles. The van der Waals surface area contributed by atoms with E-state index in [1.165, 1.54) is 12.3 Å². The molecular formula is C23H26F2N4O3. The molecule has 2 aromatic rings. The second kappa shape index (κ2) is 7.30. The number of anilines is 1. The number of aromatic nitrogens is 1. The average Bonchev–Trinajstić information content (AvgIpc) is 3.44. The second-order valence-corrected chi connectivity index (χ2v) is 9.31. The Balaban J connectivity index is 1.61. The third-order valence-corrected chi connectivity index (χ3v) is 6.39. The zero-order valence-corrected chi connectivity index (χ0v) is 18.0. The fraction of sp³-hybridized carbons (Fsp3) is 0.478. The van der Waals surface area contributed by atoms with E-state index in [0.717, 1.165) is 19.3 Å². The molecule has 32 heavy (non-hydrogen) atoms. The van der Waals surface area contributed by atoms with E-state index in [9.17, 15) is 13.6 Å². The monoisotopic (exact) mass is 444 g/mol.